The lowest BCUT2D eigenvalue weighted by atomic mass is 9.85. The molecule has 142 valence electrons. The highest BCUT2D eigenvalue weighted by Gasteiger charge is 2.54. The third-order valence-corrected chi connectivity index (χ3v) is 6.16. The highest BCUT2D eigenvalue weighted by molar-refractivity contribution is 7.12. The molecule has 8 nitrogen and oxygen atoms in total. The minimum atomic E-state index is -0.524. The van der Waals surface area contributed by atoms with E-state index in [1.807, 2.05) is 10.8 Å². The van der Waals surface area contributed by atoms with Crippen molar-refractivity contribution in [1.29, 1.82) is 0 Å². The summed E-state index contributed by atoms with van der Waals surface area (Å²) in [5.74, 6) is -0.372. The van der Waals surface area contributed by atoms with Gasteiger partial charge in [-0.3, -0.25) is 9.59 Å². The molecule has 0 aromatic carbocycles. The van der Waals surface area contributed by atoms with Gasteiger partial charge in [-0.05, 0) is 11.4 Å². The Labute approximate surface area is 163 Å². The van der Waals surface area contributed by atoms with Gasteiger partial charge in [0, 0.05) is 44.3 Å². The molecule has 5 rings (SSSR count). The fourth-order valence-electron chi connectivity index (χ4n) is 4.02. The van der Waals surface area contributed by atoms with Crippen LogP contribution in [0.25, 0.3) is 0 Å². The van der Waals surface area contributed by atoms with Crippen LogP contribution in [0.15, 0.2) is 42.6 Å². The molecular formula is C18H15FN6O2S. The molecule has 5 heterocycles. The lowest BCUT2D eigenvalue weighted by Crippen LogP contribution is -2.63. The van der Waals surface area contributed by atoms with Gasteiger partial charge in [0.15, 0.2) is 0 Å². The molecule has 3 aromatic rings. The van der Waals surface area contributed by atoms with Crippen LogP contribution in [0.3, 0.4) is 0 Å². The molecule has 3 aromatic heterocycles. The van der Waals surface area contributed by atoms with Crippen LogP contribution in [-0.4, -0.2) is 49.3 Å². The van der Waals surface area contributed by atoms with Gasteiger partial charge in [-0.1, -0.05) is 0 Å². The van der Waals surface area contributed by atoms with Gasteiger partial charge in [0.1, 0.15) is 22.8 Å². The zero-order chi connectivity index (χ0) is 19.3. The molecule has 0 bridgehead atoms. The molecular weight excluding hydrogens is 383 g/mol. The van der Waals surface area contributed by atoms with E-state index in [0.29, 0.717) is 25.1 Å². The Kier molecular flexibility index (Phi) is 3.76. The third kappa shape index (κ3) is 2.52. The third-order valence-electron chi connectivity index (χ3n) is 5.27. The van der Waals surface area contributed by atoms with E-state index in [0.717, 1.165) is 17.2 Å². The monoisotopic (exact) mass is 398 g/mol. The van der Waals surface area contributed by atoms with E-state index in [2.05, 4.69) is 20.3 Å². The lowest BCUT2D eigenvalue weighted by Gasteiger charge is -2.49. The van der Waals surface area contributed by atoms with E-state index in [4.69, 9.17) is 0 Å². The van der Waals surface area contributed by atoms with Crippen molar-refractivity contribution in [2.75, 3.05) is 13.1 Å². The first-order valence-electron chi connectivity index (χ1n) is 8.69. The van der Waals surface area contributed by atoms with E-state index in [1.54, 1.807) is 16.5 Å². The predicted molar refractivity (Wildman–Crippen MR) is 97.2 cm³/mol. The van der Waals surface area contributed by atoms with Crippen molar-refractivity contribution in [3.8, 4) is 0 Å². The first kappa shape index (κ1) is 17.0. The van der Waals surface area contributed by atoms with Crippen molar-refractivity contribution >= 4 is 23.2 Å². The molecule has 2 aliphatic rings. The average molecular weight is 398 g/mol. The van der Waals surface area contributed by atoms with Gasteiger partial charge < -0.3 is 14.8 Å². The van der Waals surface area contributed by atoms with Crippen LogP contribution in [-0.2, 0) is 5.54 Å². The summed E-state index contributed by atoms with van der Waals surface area (Å²) >= 11 is 1.07. The molecule has 2 aliphatic heterocycles. The number of carbonyl (C=O) groups excluding carboxylic acids is 2. The number of hydrogen-bond donors (Lipinski definition) is 1. The van der Waals surface area contributed by atoms with Crippen molar-refractivity contribution in [2.45, 2.75) is 18.0 Å². The number of fused-ring (bicyclic) bond motifs is 2. The Morgan fingerprint density at radius 1 is 1.29 bits per heavy atom. The van der Waals surface area contributed by atoms with E-state index in [9.17, 15) is 14.0 Å². The largest absolute Gasteiger partial charge is 0.341 e. The molecule has 28 heavy (non-hydrogen) atoms. The van der Waals surface area contributed by atoms with E-state index in [-0.39, 0.29) is 22.4 Å². The molecule has 1 unspecified atom stereocenters. The van der Waals surface area contributed by atoms with Gasteiger partial charge in [-0.2, -0.15) is 0 Å². The summed E-state index contributed by atoms with van der Waals surface area (Å²) in [5, 5.41) is 4.43. The first-order chi connectivity index (χ1) is 13.6. The van der Waals surface area contributed by atoms with Gasteiger partial charge in [0.2, 0.25) is 0 Å². The number of nitrogens with one attached hydrogen (secondary N) is 1. The molecule has 0 saturated carbocycles. The molecule has 1 N–H and O–H groups in total. The number of rotatable bonds is 3. The second-order valence-electron chi connectivity index (χ2n) is 7.00. The van der Waals surface area contributed by atoms with E-state index in [1.165, 1.54) is 24.8 Å². The number of amides is 2. The fourth-order valence-corrected chi connectivity index (χ4v) is 4.69. The molecule has 2 amide bonds. The molecule has 1 fully saturated rings. The van der Waals surface area contributed by atoms with Gasteiger partial charge in [0.05, 0.1) is 17.1 Å². The second kappa shape index (κ2) is 6.20. The number of nitrogens with zero attached hydrogens (tertiary/aromatic N) is 5. The summed E-state index contributed by atoms with van der Waals surface area (Å²) in [7, 11) is 0. The van der Waals surface area contributed by atoms with E-state index < -0.39 is 11.7 Å². The van der Waals surface area contributed by atoms with Crippen molar-refractivity contribution in [3.63, 3.8) is 0 Å². The Balaban J connectivity index is 1.33. The zero-order valence-electron chi connectivity index (χ0n) is 14.6. The van der Waals surface area contributed by atoms with Crippen LogP contribution in [0.5, 0.6) is 0 Å². The zero-order valence-corrected chi connectivity index (χ0v) is 15.4. The Morgan fingerprint density at radius 2 is 2.07 bits per heavy atom. The average Bonchev–Trinajstić information content (AvgIpc) is 3.37. The molecule has 0 aliphatic carbocycles. The summed E-state index contributed by atoms with van der Waals surface area (Å²) in [5.41, 5.74) is 0.127. The van der Waals surface area contributed by atoms with Crippen molar-refractivity contribution in [1.82, 2.24) is 29.7 Å². The maximum absolute atomic E-state index is 13.7. The number of halogens is 1. The molecule has 0 radical (unpaired) electrons. The van der Waals surface area contributed by atoms with Crippen LogP contribution < -0.4 is 5.32 Å². The minimum Gasteiger partial charge on any atom is -0.341 e. The van der Waals surface area contributed by atoms with Gasteiger partial charge in [0.25, 0.3) is 11.8 Å². The normalized spacial score (nSPS) is 19.3. The van der Waals surface area contributed by atoms with Crippen LogP contribution in [0.2, 0.25) is 0 Å². The summed E-state index contributed by atoms with van der Waals surface area (Å²) in [6, 6.07) is 0.945. The van der Waals surface area contributed by atoms with Crippen LogP contribution in [0, 0.1) is 5.82 Å². The molecule has 1 spiro atoms. The number of likely N-dealkylation sites (tertiary alicyclic amines) is 1. The van der Waals surface area contributed by atoms with Gasteiger partial charge in [-0.15, -0.1) is 11.3 Å². The maximum atomic E-state index is 13.7. The Bertz CT molecular complexity index is 1060. The van der Waals surface area contributed by atoms with Crippen LogP contribution in [0.4, 0.5) is 4.39 Å². The first-order valence-corrected chi connectivity index (χ1v) is 9.57. The highest BCUT2D eigenvalue weighted by atomic mass is 32.1. The Morgan fingerprint density at radius 3 is 2.79 bits per heavy atom. The smallest absolute Gasteiger partial charge is 0.264 e. The second-order valence-corrected chi connectivity index (χ2v) is 7.91. The van der Waals surface area contributed by atoms with Crippen molar-refractivity contribution < 1.29 is 14.0 Å². The number of carbonyl (C=O) groups is 2. The van der Waals surface area contributed by atoms with E-state index >= 15 is 0 Å². The summed E-state index contributed by atoms with van der Waals surface area (Å²) < 4.78 is 15.7. The molecule has 10 heteroatoms. The summed E-state index contributed by atoms with van der Waals surface area (Å²) in [6.45, 7) is 1.01. The number of hydrogen-bond acceptors (Lipinski definition) is 6. The summed E-state index contributed by atoms with van der Waals surface area (Å²) in [6.07, 6.45) is 8.51. The molecule has 1 atom stereocenters. The summed E-state index contributed by atoms with van der Waals surface area (Å²) in [4.78, 5) is 39.0. The predicted octanol–water partition coefficient (Wildman–Crippen LogP) is 1.60. The van der Waals surface area contributed by atoms with Crippen LogP contribution in [0.1, 0.15) is 38.3 Å². The number of aromatic nitrogens is 4. The Hall–Kier alpha value is -3.14. The van der Waals surface area contributed by atoms with Crippen molar-refractivity contribution in [3.05, 3.63) is 64.6 Å². The quantitative estimate of drug-likeness (QED) is 0.723. The van der Waals surface area contributed by atoms with Gasteiger partial charge in [-0.25, -0.2) is 19.3 Å². The van der Waals surface area contributed by atoms with Crippen molar-refractivity contribution in [2.24, 2.45) is 0 Å². The SMILES string of the molecule is O=C(NC1CC2(CN(C(=O)c3cncnc3)C2)n2ccnc21)c1sccc1F. The van der Waals surface area contributed by atoms with Crippen LogP contribution >= 0.6 is 11.3 Å². The minimum absolute atomic E-state index is 0.0635. The number of imidazole rings is 1. The fraction of sp³-hybridized carbons (Fsp3) is 0.278. The maximum Gasteiger partial charge on any atom is 0.264 e. The van der Waals surface area contributed by atoms with Gasteiger partial charge >= 0.3 is 0 Å². The molecule has 1 saturated heterocycles. The lowest BCUT2D eigenvalue weighted by molar-refractivity contribution is 0.0138. The standard InChI is InChI=1S/C18H15FN6O2S/c19-12-1-4-28-14(12)16(26)23-13-5-18(25-3-2-22-15(13)25)8-24(9-18)17(27)11-6-20-10-21-7-11/h1-4,6-7,10,13H,5,8-9H2,(H,23,26). The number of thiophene rings is 1. The topological polar surface area (TPSA) is 93.0 Å². The highest BCUT2D eigenvalue weighted by Crippen LogP contribution is 2.44.